The van der Waals surface area contributed by atoms with Crippen LogP contribution in [-0.2, 0) is 0 Å². The van der Waals surface area contributed by atoms with Gasteiger partial charge < -0.3 is 5.32 Å². The number of rotatable bonds is 3. The van der Waals surface area contributed by atoms with Crippen molar-refractivity contribution in [3.05, 3.63) is 70.8 Å². The summed E-state index contributed by atoms with van der Waals surface area (Å²) in [4.78, 5) is 16.3. The van der Waals surface area contributed by atoms with Crippen LogP contribution in [0.25, 0.3) is 5.69 Å². The summed E-state index contributed by atoms with van der Waals surface area (Å²) in [5.74, 6) is -0.307. The minimum atomic E-state index is -0.307. The summed E-state index contributed by atoms with van der Waals surface area (Å²) in [5, 5.41) is 7.74. The van der Waals surface area contributed by atoms with Gasteiger partial charge in [-0.2, -0.15) is 5.10 Å². The molecule has 116 valence electrons. The highest BCUT2D eigenvalue weighted by Gasteiger charge is 2.09. The molecule has 0 saturated heterocycles. The third-order valence-corrected chi connectivity index (χ3v) is 3.55. The number of pyridine rings is 1. The fourth-order valence-corrected chi connectivity index (χ4v) is 2.49. The Kier molecular flexibility index (Phi) is 4.12. The summed E-state index contributed by atoms with van der Waals surface area (Å²) in [6.45, 7) is 3.93. The molecule has 1 amide bonds. The first-order chi connectivity index (χ1) is 11.0. The van der Waals surface area contributed by atoms with Gasteiger partial charge in [0.25, 0.3) is 5.91 Å². The van der Waals surface area contributed by atoms with E-state index >= 15 is 0 Å². The minimum Gasteiger partial charge on any atom is -0.321 e. The second kappa shape index (κ2) is 6.22. The molecule has 0 aliphatic carbocycles. The first-order valence-corrected chi connectivity index (χ1v) is 7.47. The predicted molar refractivity (Wildman–Crippen MR) is 90.2 cm³/mol. The second-order valence-corrected chi connectivity index (χ2v) is 5.64. The van der Waals surface area contributed by atoms with Crippen molar-refractivity contribution in [1.82, 2.24) is 14.8 Å². The molecule has 2 heterocycles. The largest absolute Gasteiger partial charge is 0.321 e. The molecule has 5 nitrogen and oxygen atoms in total. The zero-order chi connectivity index (χ0) is 16.4. The molecule has 0 radical (unpaired) electrons. The third kappa shape index (κ3) is 3.40. The Morgan fingerprint density at radius 3 is 2.70 bits per heavy atom. The van der Waals surface area contributed by atoms with E-state index in [-0.39, 0.29) is 11.6 Å². The maximum absolute atomic E-state index is 12.2. The van der Waals surface area contributed by atoms with Crippen molar-refractivity contribution in [3.63, 3.8) is 0 Å². The van der Waals surface area contributed by atoms with Crippen LogP contribution >= 0.6 is 11.6 Å². The van der Waals surface area contributed by atoms with Crippen LogP contribution in [0.5, 0.6) is 0 Å². The zero-order valence-corrected chi connectivity index (χ0v) is 13.5. The van der Waals surface area contributed by atoms with Gasteiger partial charge in [0.2, 0.25) is 0 Å². The number of aromatic nitrogens is 3. The number of anilines is 1. The van der Waals surface area contributed by atoms with Gasteiger partial charge in [-0.1, -0.05) is 17.7 Å². The number of aryl methyl sites for hydroxylation is 2. The molecule has 6 heteroatoms. The summed E-state index contributed by atoms with van der Waals surface area (Å²) in [6.07, 6.45) is 1.50. The lowest BCUT2D eigenvalue weighted by Gasteiger charge is -2.08. The quantitative estimate of drug-likeness (QED) is 0.796. The van der Waals surface area contributed by atoms with Crippen LogP contribution in [0.15, 0.2) is 48.7 Å². The summed E-state index contributed by atoms with van der Waals surface area (Å²) in [5.41, 5.74) is 3.80. The number of carbonyl (C=O) groups is 1. The molecule has 0 atom stereocenters. The van der Waals surface area contributed by atoms with Crippen LogP contribution < -0.4 is 5.32 Å². The molecule has 0 bridgehead atoms. The molecule has 23 heavy (non-hydrogen) atoms. The highest BCUT2D eigenvalue weighted by atomic mass is 35.5. The average Bonchev–Trinajstić information content (AvgIpc) is 2.86. The van der Waals surface area contributed by atoms with Crippen LogP contribution in [0.4, 0.5) is 5.69 Å². The van der Waals surface area contributed by atoms with Gasteiger partial charge in [-0.25, -0.2) is 4.68 Å². The lowest BCUT2D eigenvalue weighted by atomic mass is 10.2. The van der Waals surface area contributed by atoms with Crippen molar-refractivity contribution in [1.29, 1.82) is 0 Å². The van der Waals surface area contributed by atoms with Crippen LogP contribution in [0, 0.1) is 13.8 Å². The van der Waals surface area contributed by atoms with E-state index in [4.69, 9.17) is 11.6 Å². The lowest BCUT2D eigenvalue weighted by Crippen LogP contribution is -2.13. The van der Waals surface area contributed by atoms with Gasteiger partial charge in [-0.15, -0.1) is 0 Å². The number of halogens is 1. The smallest absolute Gasteiger partial charge is 0.274 e. The highest BCUT2D eigenvalue weighted by Crippen LogP contribution is 2.18. The number of amides is 1. The van der Waals surface area contributed by atoms with Crippen molar-refractivity contribution < 1.29 is 4.79 Å². The predicted octanol–water partition coefficient (Wildman–Crippen LogP) is 3.79. The van der Waals surface area contributed by atoms with Gasteiger partial charge in [-0.05, 0) is 50.2 Å². The maximum atomic E-state index is 12.2. The second-order valence-electron chi connectivity index (χ2n) is 5.20. The van der Waals surface area contributed by atoms with Gasteiger partial charge in [0.1, 0.15) is 5.69 Å². The molecule has 3 rings (SSSR count). The van der Waals surface area contributed by atoms with Gasteiger partial charge in [0.05, 0.1) is 11.4 Å². The highest BCUT2D eigenvalue weighted by molar-refractivity contribution is 6.30. The van der Waals surface area contributed by atoms with E-state index in [0.29, 0.717) is 10.7 Å². The van der Waals surface area contributed by atoms with Crippen LogP contribution in [-0.4, -0.2) is 20.7 Å². The van der Waals surface area contributed by atoms with E-state index in [1.807, 2.05) is 48.9 Å². The zero-order valence-electron chi connectivity index (χ0n) is 12.7. The number of carbonyl (C=O) groups excluding carboxylic acids is 1. The van der Waals surface area contributed by atoms with Crippen LogP contribution in [0.1, 0.15) is 21.9 Å². The minimum absolute atomic E-state index is 0.272. The Labute approximate surface area is 138 Å². The van der Waals surface area contributed by atoms with E-state index < -0.39 is 0 Å². The fraction of sp³-hybridized carbons (Fsp3) is 0.118. The molecule has 0 aliphatic heterocycles. The number of nitrogens with zero attached hydrogens (tertiary/aromatic N) is 3. The Morgan fingerprint density at radius 1 is 1.17 bits per heavy atom. The summed E-state index contributed by atoms with van der Waals surface area (Å²) in [6, 6.07) is 12.6. The number of hydrogen-bond acceptors (Lipinski definition) is 3. The molecular formula is C17H15ClN4O. The SMILES string of the molecule is Cc1cc(C)n(-c2cccc(NC(=O)c3cc(Cl)ccn3)c2)n1. The van der Waals surface area contributed by atoms with E-state index in [2.05, 4.69) is 15.4 Å². The topological polar surface area (TPSA) is 59.8 Å². The standard InChI is InChI=1S/C17H15ClN4O/c1-11-8-12(2)22(21-11)15-5-3-4-14(10-15)20-17(23)16-9-13(18)6-7-19-16/h3-10H,1-2H3,(H,20,23). The Bertz CT molecular complexity index is 873. The molecule has 0 saturated carbocycles. The van der Waals surface area contributed by atoms with Gasteiger partial charge in [-0.3, -0.25) is 9.78 Å². The molecule has 1 N–H and O–H groups in total. The lowest BCUT2D eigenvalue weighted by molar-refractivity contribution is 0.102. The molecule has 0 spiro atoms. The molecular weight excluding hydrogens is 312 g/mol. The molecule has 1 aromatic carbocycles. The van der Waals surface area contributed by atoms with Gasteiger partial charge in [0, 0.05) is 22.6 Å². The molecule has 3 aromatic rings. The van der Waals surface area contributed by atoms with Crippen molar-refractivity contribution in [3.8, 4) is 5.69 Å². The third-order valence-electron chi connectivity index (χ3n) is 3.31. The van der Waals surface area contributed by atoms with Crippen LogP contribution in [0.2, 0.25) is 5.02 Å². The summed E-state index contributed by atoms with van der Waals surface area (Å²) >= 11 is 5.89. The molecule has 0 unspecified atom stereocenters. The number of benzene rings is 1. The maximum Gasteiger partial charge on any atom is 0.274 e. The molecule has 0 aliphatic rings. The monoisotopic (exact) mass is 326 g/mol. The van der Waals surface area contributed by atoms with Crippen molar-refractivity contribution in [2.24, 2.45) is 0 Å². The molecule has 2 aromatic heterocycles. The number of hydrogen-bond donors (Lipinski definition) is 1. The fourth-order valence-electron chi connectivity index (χ4n) is 2.33. The summed E-state index contributed by atoms with van der Waals surface area (Å²) < 4.78 is 1.84. The Hall–Kier alpha value is -2.66. The summed E-state index contributed by atoms with van der Waals surface area (Å²) in [7, 11) is 0. The normalized spacial score (nSPS) is 10.6. The van der Waals surface area contributed by atoms with E-state index in [9.17, 15) is 4.79 Å². The first-order valence-electron chi connectivity index (χ1n) is 7.09. The Morgan fingerprint density at radius 2 is 2.00 bits per heavy atom. The van der Waals surface area contributed by atoms with E-state index in [1.54, 1.807) is 6.07 Å². The van der Waals surface area contributed by atoms with Gasteiger partial charge >= 0.3 is 0 Å². The molecule has 0 fully saturated rings. The van der Waals surface area contributed by atoms with Crippen molar-refractivity contribution in [2.45, 2.75) is 13.8 Å². The van der Waals surface area contributed by atoms with E-state index in [0.717, 1.165) is 17.1 Å². The van der Waals surface area contributed by atoms with Gasteiger partial charge in [0.15, 0.2) is 0 Å². The first kappa shape index (κ1) is 15.2. The Balaban J connectivity index is 1.86. The van der Waals surface area contributed by atoms with Crippen molar-refractivity contribution in [2.75, 3.05) is 5.32 Å². The average molecular weight is 327 g/mol. The van der Waals surface area contributed by atoms with Crippen molar-refractivity contribution >= 4 is 23.2 Å². The van der Waals surface area contributed by atoms with Crippen LogP contribution in [0.3, 0.4) is 0 Å². The number of nitrogens with one attached hydrogen (secondary N) is 1. The van der Waals surface area contributed by atoms with E-state index in [1.165, 1.54) is 12.3 Å².